The molecular weight excluding hydrogens is 261 g/mol. The van der Waals surface area contributed by atoms with Crippen molar-refractivity contribution in [2.45, 2.75) is 18.2 Å². The second kappa shape index (κ2) is 5.97. The molecule has 0 saturated carbocycles. The third-order valence-corrected chi connectivity index (χ3v) is 4.46. The first kappa shape index (κ1) is 13.7. The SMILES string of the molecule is C=C/C=C\C1=C(C)CCN1S(=O)c1ccc(F)cc1. The molecule has 0 fully saturated rings. The van der Waals surface area contributed by atoms with Gasteiger partial charge in [-0.25, -0.2) is 8.60 Å². The van der Waals surface area contributed by atoms with E-state index in [1.807, 2.05) is 23.4 Å². The zero-order valence-electron chi connectivity index (χ0n) is 10.8. The van der Waals surface area contributed by atoms with E-state index in [9.17, 15) is 8.60 Å². The van der Waals surface area contributed by atoms with Gasteiger partial charge in [0.05, 0.1) is 4.90 Å². The number of hydrogen-bond acceptors (Lipinski definition) is 1. The summed E-state index contributed by atoms with van der Waals surface area (Å²) in [6, 6.07) is 5.79. The molecule has 100 valence electrons. The third kappa shape index (κ3) is 3.01. The van der Waals surface area contributed by atoms with Crippen LogP contribution < -0.4 is 0 Å². The molecule has 0 aliphatic carbocycles. The van der Waals surface area contributed by atoms with Gasteiger partial charge in [-0.15, -0.1) is 0 Å². The second-order valence-corrected chi connectivity index (χ2v) is 5.73. The van der Waals surface area contributed by atoms with Gasteiger partial charge in [0.1, 0.15) is 5.82 Å². The number of allylic oxidation sites excluding steroid dienone is 3. The Kier molecular flexibility index (Phi) is 4.32. The van der Waals surface area contributed by atoms with E-state index in [-0.39, 0.29) is 5.82 Å². The fourth-order valence-corrected chi connectivity index (χ4v) is 3.24. The topological polar surface area (TPSA) is 20.3 Å². The Morgan fingerprint density at radius 2 is 2.05 bits per heavy atom. The smallest absolute Gasteiger partial charge is 0.152 e. The largest absolute Gasteiger partial charge is 0.288 e. The molecule has 1 aliphatic heterocycles. The normalized spacial score (nSPS) is 17.3. The van der Waals surface area contributed by atoms with Gasteiger partial charge in [0.2, 0.25) is 0 Å². The predicted molar refractivity (Wildman–Crippen MR) is 76.2 cm³/mol. The van der Waals surface area contributed by atoms with Crippen LogP contribution in [-0.4, -0.2) is 15.1 Å². The van der Waals surface area contributed by atoms with Crippen molar-refractivity contribution < 1.29 is 8.60 Å². The highest BCUT2D eigenvalue weighted by Gasteiger charge is 2.23. The van der Waals surface area contributed by atoms with Gasteiger partial charge in [0.25, 0.3) is 0 Å². The van der Waals surface area contributed by atoms with E-state index < -0.39 is 11.0 Å². The summed E-state index contributed by atoms with van der Waals surface area (Å²) < 4.78 is 27.2. The van der Waals surface area contributed by atoms with Gasteiger partial charge in [-0.2, -0.15) is 0 Å². The first-order chi connectivity index (χ1) is 9.13. The Balaban J connectivity index is 2.26. The molecule has 0 aromatic heterocycles. The Morgan fingerprint density at radius 3 is 2.68 bits per heavy atom. The molecule has 0 radical (unpaired) electrons. The van der Waals surface area contributed by atoms with Crippen LogP contribution in [0.5, 0.6) is 0 Å². The van der Waals surface area contributed by atoms with Crippen molar-refractivity contribution in [3.63, 3.8) is 0 Å². The van der Waals surface area contributed by atoms with Gasteiger partial charge in [-0.1, -0.05) is 18.7 Å². The van der Waals surface area contributed by atoms with Crippen molar-refractivity contribution in [1.82, 2.24) is 4.31 Å². The highest BCUT2D eigenvalue weighted by Crippen LogP contribution is 2.27. The lowest BCUT2D eigenvalue weighted by atomic mass is 10.2. The summed E-state index contributed by atoms with van der Waals surface area (Å²) in [4.78, 5) is 0.612. The van der Waals surface area contributed by atoms with E-state index in [1.54, 1.807) is 18.2 Å². The lowest BCUT2D eigenvalue weighted by molar-refractivity contribution is 0.575. The standard InChI is InChI=1S/C15H16FNOS/c1-3-4-5-15-12(2)10-11-17(15)19(18)14-8-6-13(16)7-9-14/h3-9H,1,10-11H2,2H3/b5-4-. The minimum atomic E-state index is -1.30. The van der Waals surface area contributed by atoms with Crippen molar-refractivity contribution in [2.75, 3.05) is 6.54 Å². The molecule has 1 atom stereocenters. The summed E-state index contributed by atoms with van der Waals surface area (Å²) >= 11 is 0. The van der Waals surface area contributed by atoms with Gasteiger partial charge >= 0.3 is 0 Å². The minimum absolute atomic E-state index is 0.319. The zero-order valence-corrected chi connectivity index (χ0v) is 11.6. The average molecular weight is 277 g/mol. The molecule has 1 aliphatic rings. The van der Waals surface area contributed by atoms with E-state index in [1.165, 1.54) is 17.7 Å². The Labute approximate surface area is 115 Å². The summed E-state index contributed by atoms with van der Waals surface area (Å²) in [5.74, 6) is -0.319. The molecule has 4 heteroatoms. The van der Waals surface area contributed by atoms with Crippen LogP contribution in [-0.2, 0) is 11.0 Å². The molecule has 1 aromatic rings. The highest BCUT2D eigenvalue weighted by molar-refractivity contribution is 7.82. The molecular formula is C15H16FNOS. The van der Waals surface area contributed by atoms with Crippen molar-refractivity contribution in [3.05, 3.63) is 66.2 Å². The summed E-state index contributed by atoms with van der Waals surface area (Å²) in [6.07, 6.45) is 6.33. The molecule has 0 spiro atoms. The van der Waals surface area contributed by atoms with Crippen LogP contribution in [0.25, 0.3) is 0 Å². The molecule has 1 heterocycles. The van der Waals surface area contributed by atoms with Crippen LogP contribution in [0.2, 0.25) is 0 Å². The monoisotopic (exact) mass is 277 g/mol. The van der Waals surface area contributed by atoms with E-state index >= 15 is 0 Å². The van der Waals surface area contributed by atoms with E-state index in [0.717, 1.165) is 12.1 Å². The molecule has 0 N–H and O–H groups in total. The third-order valence-electron chi connectivity index (χ3n) is 3.00. The van der Waals surface area contributed by atoms with Gasteiger partial charge in [0, 0.05) is 12.2 Å². The number of benzene rings is 1. The molecule has 0 bridgehead atoms. The summed E-state index contributed by atoms with van der Waals surface area (Å²) in [5, 5.41) is 0. The Bertz CT molecular complexity index is 560. The quantitative estimate of drug-likeness (QED) is 0.770. The lowest BCUT2D eigenvalue weighted by Crippen LogP contribution is -2.21. The van der Waals surface area contributed by atoms with Gasteiger partial charge in [-0.05, 0) is 49.3 Å². The lowest BCUT2D eigenvalue weighted by Gasteiger charge is -2.19. The average Bonchev–Trinajstić information content (AvgIpc) is 2.78. The van der Waals surface area contributed by atoms with Crippen molar-refractivity contribution in [1.29, 1.82) is 0 Å². The van der Waals surface area contributed by atoms with Gasteiger partial charge < -0.3 is 0 Å². The maximum atomic E-state index is 12.9. The molecule has 1 aromatic carbocycles. The minimum Gasteiger partial charge on any atom is -0.288 e. The van der Waals surface area contributed by atoms with Crippen molar-refractivity contribution in [2.24, 2.45) is 0 Å². The van der Waals surface area contributed by atoms with E-state index in [4.69, 9.17) is 0 Å². The number of nitrogens with zero attached hydrogens (tertiary/aromatic N) is 1. The molecule has 19 heavy (non-hydrogen) atoms. The first-order valence-electron chi connectivity index (χ1n) is 6.07. The van der Waals surface area contributed by atoms with Crippen LogP contribution in [0.3, 0.4) is 0 Å². The Hall–Kier alpha value is -1.68. The van der Waals surface area contributed by atoms with Crippen molar-refractivity contribution in [3.8, 4) is 0 Å². The van der Waals surface area contributed by atoms with E-state index in [0.29, 0.717) is 11.4 Å². The molecule has 2 rings (SSSR count). The van der Waals surface area contributed by atoms with Crippen LogP contribution >= 0.6 is 0 Å². The Morgan fingerprint density at radius 1 is 1.37 bits per heavy atom. The number of rotatable bonds is 4. The zero-order chi connectivity index (χ0) is 13.8. The summed E-state index contributed by atoms with van der Waals surface area (Å²) in [6.45, 7) is 6.39. The fourth-order valence-electron chi connectivity index (χ4n) is 1.97. The summed E-state index contributed by atoms with van der Waals surface area (Å²) in [5.41, 5.74) is 2.16. The van der Waals surface area contributed by atoms with E-state index in [2.05, 4.69) is 6.58 Å². The second-order valence-electron chi connectivity index (χ2n) is 4.32. The van der Waals surface area contributed by atoms with Crippen LogP contribution in [0.1, 0.15) is 13.3 Å². The van der Waals surface area contributed by atoms with Crippen LogP contribution in [0.15, 0.2) is 65.2 Å². The first-order valence-corrected chi connectivity index (χ1v) is 7.18. The maximum Gasteiger partial charge on any atom is 0.152 e. The molecule has 2 nitrogen and oxygen atoms in total. The summed E-state index contributed by atoms with van der Waals surface area (Å²) in [7, 11) is -1.30. The number of hydrogen-bond donors (Lipinski definition) is 0. The number of halogens is 1. The van der Waals surface area contributed by atoms with Gasteiger partial charge in [0.15, 0.2) is 11.0 Å². The molecule has 0 saturated heterocycles. The van der Waals surface area contributed by atoms with Crippen LogP contribution in [0, 0.1) is 5.82 Å². The molecule has 0 amide bonds. The van der Waals surface area contributed by atoms with Gasteiger partial charge in [-0.3, -0.25) is 4.31 Å². The fraction of sp³-hybridized carbons (Fsp3) is 0.200. The van der Waals surface area contributed by atoms with Crippen molar-refractivity contribution >= 4 is 11.0 Å². The predicted octanol–water partition coefficient (Wildman–Crippen LogP) is 3.57. The highest BCUT2D eigenvalue weighted by atomic mass is 32.2. The van der Waals surface area contributed by atoms with Crippen LogP contribution in [0.4, 0.5) is 4.39 Å². The maximum absolute atomic E-state index is 12.9. The molecule has 1 unspecified atom stereocenters.